The van der Waals surface area contributed by atoms with Gasteiger partial charge in [-0.05, 0) is 47.6 Å². The summed E-state index contributed by atoms with van der Waals surface area (Å²) >= 11 is 3.21. The molecule has 96 valence electrons. The van der Waals surface area contributed by atoms with Crippen molar-refractivity contribution in [1.29, 1.82) is 0 Å². The van der Waals surface area contributed by atoms with E-state index in [1.807, 2.05) is 18.5 Å². The highest BCUT2D eigenvalue weighted by Gasteiger charge is 2.15. The SMILES string of the molecule is CNCCn1cnnc1-c1cc(C)cc(Br)c1F. The van der Waals surface area contributed by atoms with Crippen molar-refractivity contribution in [2.45, 2.75) is 13.5 Å². The third kappa shape index (κ3) is 2.59. The second-order valence-electron chi connectivity index (χ2n) is 4.06. The summed E-state index contributed by atoms with van der Waals surface area (Å²) in [4.78, 5) is 0. The van der Waals surface area contributed by atoms with Gasteiger partial charge in [-0.1, -0.05) is 0 Å². The standard InChI is InChI=1S/C12H14BrFN4/c1-8-5-9(11(14)10(13)6-8)12-17-16-7-18(12)4-3-15-2/h5-7,15H,3-4H2,1-2H3. The number of nitrogens with zero attached hydrogens (tertiary/aromatic N) is 3. The summed E-state index contributed by atoms with van der Waals surface area (Å²) in [5.74, 6) is 0.242. The molecule has 0 aliphatic carbocycles. The minimum atomic E-state index is -0.306. The Morgan fingerprint density at radius 3 is 2.94 bits per heavy atom. The van der Waals surface area contributed by atoms with Gasteiger partial charge in [-0.25, -0.2) is 4.39 Å². The smallest absolute Gasteiger partial charge is 0.166 e. The molecule has 4 nitrogen and oxygen atoms in total. The zero-order chi connectivity index (χ0) is 13.1. The number of rotatable bonds is 4. The van der Waals surface area contributed by atoms with Crippen LogP contribution in [0.5, 0.6) is 0 Å². The van der Waals surface area contributed by atoms with Crippen LogP contribution >= 0.6 is 15.9 Å². The van der Waals surface area contributed by atoms with E-state index in [0.29, 0.717) is 22.4 Å². The summed E-state index contributed by atoms with van der Waals surface area (Å²) in [6, 6.07) is 3.52. The van der Waals surface area contributed by atoms with Gasteiger partial charge in [0.25, 0.3) is 0 Å². The van der Waals surface area contributed by atoms with E-state index in [1.165, 1.54) is 0 Å². The molecule has 0 spiro atoms. The summed E-state index contributed by atoms with van der Waals surface area (Å²) in [5, 5.41) is 10.9. The highest BCUT2D eigenvalue weighted by molar-refractivity contribution is 9.10. The third-order valence-electron chi connectivity index (χ3n) is 2.63. The molecule has 0 atom stereocenters. The highest BCUT2D eigenvalue weighted by Crippen LogP contribution is 2.28. The maximum Gasteiger partial charge on any atom is 0.166 e. The van der Waals surface area contributed by atoms with Crippen molar-refractivity contribution in [3.63, 3.8) is 0 Å². The van der Waals surface area contributed by atoms with Gasteiger partial charge < -0.3 is 9.88 Å². The molecule has 0 saturated carbocycles. The Morgan fingerprint density at radius 2 is 2.22 bits per heavy atom. The summed E-state index contributed by atoms with van der Waals surface area (Å²) in [5.41, 5.74) is 1.44. The number of aromatic nitrogens is 3. The van der Waals surface area contributed by atoms with Crippen LogP contribution < -0.4 is 5.32 Å². The average Bonchev–Trinajstić information content (AvgIpc) is 2.79. The summed E-state index contributed by atoms with van der Waals surface area (Å²) in [6.45, 7) is 3.39. The largest absolute Gasteiger partial charge is 0.318 e. The lowest BCUT2D eigenvalue weighted by Gasteiger charge is -2.09. The first-order valence-electron chi connectivity index (χ1n) is 5.62. The zero-order valence-corrected chi connectivity index (χ0v) is 11.8. The molecule has 0 fully saturated rings. The Bertz CT molecular complexity index is 553. The van der Waals surface area contributed by atoms with Gasteiger partial charge in [0.2, 0.25) is 0 Å². The topological polar surface area (TPSA) is 42.7 Å². The van der Waals surface area contributed by atoms with Crippen molar-refractivity contribution in [2.24, 2.45) is 0 Å². The fraction of sp³-hybridized carbons (Fsp3) is 0.333. The molecule has 18 heavy (non-hydrogen) atoms. The fourth-order valence-electron chi connectivity index (χ4n) is 1.75. The van der Waals surface area contributed by atoms with Crippen LogP contribution in [0.1, 0.15) is 5.56 Å². The molecule has 0 unspecified atom stereocenters. The molecular formula is C12H14BrFN4. The number of hydrogen-bond donors (Lipinski definition) is 1. The van der Waals surface area contributed by atoms with Crippen LogP contribution in [-0.2, 0) is 6.54 Å². The van der Waals surface area contributed by atoms with Crippen LogP contribution in [0, 0.1) is 12.7 Å². The van der Waals surface area contributed by atoms with Crippen LogP contribution in [0.15, 0.2) is 22.9 Å². The van der Waals surface area contributed by atoms with Crippen molar-refractivity contribution in [3.05, 3.63) is 34.3 Å². The molecule has 0 bridgehead atoms. The zero-order valence-electron chi connectivity index (χ0n) is 10.2. The van der Waals surface area contributed by atoms with E-state index in [4.69, 9.17) is 0 Å². The molecule has 0 aliphatic rings. The molecule has 1 aromatic carbocycles. The number of hydrogen-bond acceptors (Lipinski definition) is 3. The lowest BCUT2D eigenvalue weighted by atomic mass is 10.1. The van der Waals surface area contributed by atoms with Crippen LogP contribution in [0.2, 0.25) is 0 Å². The summed E-state index contributed by atoms with van der Waals surface area (Å²) < 4.78 is 16.4. The molecule has 2 rings (SSSR count). The molecule has 1 aromatic heterocycles. The molecule has 0 saturated heterocycles. The maximum atomic E-state index is 14.1. The molecule has 0 amide bonds. The number of aryl methyl sites for hydroxylation is 1. The van der Waals surface area contributed by atoms with Gasteiger partial charge in [-0.2, -0.15) is 0 Å². The minimum Gasteiger partial charge on any atom is -0.318 e. The number of benzene rings is 1. The van der Waals surface area contributed by atoms with Crippen molar-refractivity contribution in [3.8, 4) is 11.4 Å². The molecule has 0 radical (unpaired) electrons. The molecular weight excluding hydrogens is 299 g/mol. The van der Waals surface area contributed by atoms with Gasteiger partial charge in [-0.15, -0.1) is 10.2 Å². The number of likely N-dealkylation sites (N-methyl/N-ethyl adjacent to an activating group) is 1. The van der Waals surface area contributed by atoms with Crippen LogP contribution in [0.3, 0.4) is 0 Å². The van der Waals surface area contributed by atoms with E-state index < -0.39 is 0 Å². The van der Waals surface area contributed by atoms with Gasteiger partial charge in [0.1, 0.15) is 12.1 Å². The maximum absolute atomic E-state index is 14.1. The lowest BCUT2D eigenvalue weighted by Crippen LogP contribution is -2.15. The van der Waals surface area contributed by atoms with Gasteiger partial charge in [-0.3, -0.25) is 0 Å². The molecule has 1 heterocycles. The van der Waals surface area contributed by atoms with E-state index in [2.05, 4.69) is 31.4 Å². The molecule has 0 aliphatic heterocycles. The Kier molecular flexibility index (Phi) is 4.08. The first kappa shape index (κ1) is 13.2. The highest BCUT2D eigenvalue weighted by atomic mass is 79.9. The number of halogens is 2. The Hall–Kier alpha value is -1.27. The fourth-order valence-corrected chi connectivity index (χ4v) is 2.32. The van der Waals surface area contributed by atoms with Crippen molar-refractivity contribution in [2.75, 3.05) is 13.6 Å². The third-order valence-corrected chi connectivity index (χ3v) is 3.21. The van der Waals surface area contributed by atoms with E-state index >= 15 is 0 Å². The van der Waals surface area contributed by atoms with E-state index in [0.717, 1.165) is 12.1 Å². The van der Waals surface area contributed by atoms with Crippen LogP contribution in [0.4, 0.5) is 4.39 Å². The molecule has 6 heteroatoms. The second kappa shape index (κ2) is 5.58. The second-order valence-corrected chi connectivity index (χ2v) is 4.91. The first-order valence-corrected chi connectivity index (χ1v) is 6.41. The normalized spacial score (nSPS) is 10.9. The first-order chi connectivity index (χ1) is 8.63. The van der Waals surface area contributed by atoms with Crippen molar-refractivity contribution >= 4 is 15.9 Å². The Balaban J connectivity index is 2.45. The van der Waals surface area contributed by atoms with E-state index in [-0.39, 0.29) is 5.82 Å². The predicted octanol–water partition coefficient (Wildman–Crippen LogP) is 2.37. The van der Waals surface area contributed by atoms with Crippen molar-refractivity contribution < 1.29 is 4.39 Å². The van der Waals surface area contributed by atoms with Gasteiger partial charge >= 0.3 is 0 Å². The van der Waals surface area contributed by atoms with E-state index in [1.54, 1.807) is 18.5 Å². The van der Waals surface area contributed by atoms with Crippen LogP contribution in [-0.4, -0.2) is 28.4 Å². The lowest BCUT2D eigenvalue weighted by molar-refractivity contribution is 0.614. The van der Waals surface area contributed by atoms with Crippen LogP contribution in [0.25, 0.3) is 11.4 Å². The molecule has 1 N–H and O–H groups in total. The molecule has 2 aromatic rings. The van der Waals surface area contributed by atoms with Gasteiger partial charge in [0.15, 0.2) is 5.82 Å². The Morgan fingerprint density at radius 1 is 1.44 bits per heavy atom. The Labute approximate surface area is 113 Å². The quantitative estimate of drug-likeness (QED) is 0.942. The number of nitrogens with one attached hydrogen (secondary N) is 1. The summed E-state index contributed by atoms with van der Waals surface area (Å²) in [6.07, 6.45) is 1.61. The van der Waals surface area contributed by atoms with Gasteiger partial charge in [0, 0.05) is 13.1 Å². The van der Waals surface area contributed by atoms with E-state index in [9.17, 15) is 4.39 Å². The van der Waals surface area contributed by atoms with Crippen molar-refractivity contribution in [1.82, 2.24) is 20.1 Å². The minimum absolute atomic E-state index is 0.306. The monoisotopic (exact) mass is 312 g/mol. The average molecular weight is 313 g/mol. The van der Waals surface area contributed by atoms with Gasteiger partial charge in [0.05, 0.1) is 10.0 Å². The summed E-state index contributed by atoms with van der Waals surface area (Å²) in [7, 11) is 1.87. The predicted molar refractivity (Wildman–Crippen MR) is 71.8 cm³/mol.